The van der Waals surface area contributed by atoms with Crippen molar-refractivity contribution in [2.24, 2.45) is 5.41 Å². The zero-order valence-corrected chi connectivity index (χ0v) is 17.6. The van der Waals surface area contributed by atoms with E-state index in [9.17, 15) is 10.2 Å². The lowest BCUT2D eigenvalue weighted by atomic mass is 9.79. The van der Waals surface area contributed by atoms with Gasteiger partial charge in [-0.15, -0.1) is 11.8 Å². The lowest BCUT2D eigenvalue weighted by Crippen LogP contribution is -2.21. The molecule has 138 valence electrons. The number of rotatable bonds is 2. The SMILES string of the molecule is CC1=CC(O)=C(C(C)(C)C)CC1Sc1cc(C(C)(C)C)c(O)cc1C. The monoisotopic (exact) mass is 360 g/mol. The highest BCUT2D eigenvalue weighted by Gasteiger charge is 2.29. The molecule has 25 heavy (non-hydrogen) atoms. The Balaban J connectivity index is 2.37. The topological polar surface area (TPSA) is 40.5 Å². The van der Waals surface area contributed by atoms with Crippen LogP contribution in [0.15, 0.2) is 40.0 Å². The molecule has 1 aliphatic carbocycles. The fourth-order valence-corrected chi connectivity index (χ4v) is 4.47. The zero-order valence-electron chi connectivity index (χ0n) is 16.8. The van der Waals surface area contributed by atoms with E-state index < -0.39 is 0 Å². The molecule has 1 unspecified atom stereocenters. The maximum Gasteiger partial charge on any atom is 0.119 e. The van der Waals surface area contributed by atoms with Crippen LogP contribution in [0.5, 0.6) is 5.75 Å². The third kappa shape index (κ3) is 4.44. The summed E-state index contributed by atoms with van der Waals surface area (Å²) >= 11 is 1.84. The van der Waals surface area contributed by atoms with Crippen LogP contribution in [0.1, 0.15) is 66.0 Å². The molecule has 0 saturated heterocycles. The number of benzene rings is 1. The number of thioether (sulfide) groups is 1. The van der Waals surface area contributed by atoms with E-state index in [1.807, 2.05) is 30.8 Å². The lowest BCUT2D eigenvalue weighted by Gasteiger charge is -2.32. The maximum absolute atomic E-state index is 10.4. The maximum atomic E-state index is 10.4. The third-order valence-electron chi connectivity index (χ3n) is 4.85. The molecule has 0 radical (unpaired) electrons. The summed E-state index contributed by atoms with van der Waals surface area (Å²) in [6.45, 7) is 17.0. The van der Waals surface area contributed by atoms with Gasteiger partial charge in [-0.2, -0.15) is 0 Å². The quantitative estimate of drug-likeness (QED) is 0.619. The van der Waals surface area contributed by atoms with Gasteiger partial charge in [-0.1, -0.05) is 47.1 Å². The van der Waals surface area contributed by atoms with E-state index in [1.54, 1.807) is 0 Å². The van der Waals surface area contributed by atoms with Crippen LogP contribution >= 0.6 is 11.8 Å². The fraction of sp³-hybridized carbons (Fsp3) is 0.545. The van der Waals surface area contributed by atoms with E-state index >= 15 is 0 Å². The molecule has 3 heteroatoms. The number of aromatic hydroxyl groups is 1. The van der Waals surface area contributed by atoms with Crippen molar-refractivity contribution in [3.8, 4) is 5.75 Å². The van der Waals surface area contributed by atoms with Gasteiger partial charge >= 0.3 is 0 Å². The van der Waals surface area contributed by atoms with Crippen molar-refractivity contribution in [2.45, 2.75) is 77.4 Å². The summed E-state index contributed by atoms with van der Waals surface area (Å²) < 4.78 is 0. The number of aliphatic hydroxyl groups is 1. The summed E-state index contributed by atoms with van der Waals surface area (Å²) in [4.78, 5) is 1.20. The highest BCUT2D eigenvalue weighted by molar-refractivity contribution is 8.00. The van der Waals surface area contributed by atoms with Gasteiger partial charge in [0.2, 0.25) is 0 Å². The van der Waals surface area contributed by atoms with E-state index in [2.05, 4.69) is 54.5 Å². The minimum absolute atomic E-state index is 0.0410. The van der Waals surface area contributed by atoms with Crippen molar-refractivity contribution < 1.29 is 10.2 Å². The molecule has 2 rings (SSSR count). The summed E-state index contributed by atoms with van der Waals surface area (Å²) in [5.41, 5.74) is 4.25. The Hall–Kier alpha value is -1.35. The van der Waals surface area contributed by atoms with Crippen LogP contribution in [-0.2, 0) is 5.41 Å². The van der Waals surface area contributed by atoms with Crippen LogP contribution in [0.3, 0.4) is 0 Å². The summed E-state index contributed by atoms with van der Waals surface area (Å²) in [7, 11) is 0. The smallest absolute Gasteiger partial charge is 0.119 e. The first-order valence-electron chi connectivity index (χ1n) is 8.92. The molecule has 1 atom stereocenters. The Bertz CT molecular complexity index is 728. The molecule has 1 aliphatic rings. The van der Waals surface area contributed by atoms with E-state index in [4.69, 9.17) is 0 Å². The first-order valence-corrected chi connectivity index (χ1v) is 9.80. The van der Waals surface area contributed by atoms with Gasteiger partial charge in [0.05, 0.1) is 0 Å². The van der Waals surface area contributed by atoms with Crippen molar-refractivity contribution >= 4 is 11.8 Å². The van der Waals surface area contributed by atoms with E-state index in [-0.39, 0.29) is 10.8 Å². The van der Waals surface area contributed by atoms with E-state index in [1.165, 1.54) is 10.5 Å². The lowest BCUT2D eigenvalue weighted by molar-refractivity contribution is 0.376. The third-order valence-corrected chi connectivity index (χ3v) is 6.36. The van der Waals surface area contributed by atoms with Gasteiger partial charge in [0, 0.05) is 15.7 Å². The number of allylic oxidation sites excluding steroid dienone is 2. The van der Waals surface area contributed by atoms with Crippen LogP contribution in [0.2, 0.25) is 0 Å². The van der Waals surface area contributed by atoms with Crippen molar-refractivity contribution in [2.75, 3.05) is 0 Å². The van der Waals surface area contributed by atoms with Crippen molar-refractivity contribution in [1.29, 1.82) is 0 Å². The number of hydrogen-bond donors (Lipinski definition) is 2. The Labute approximate surface area is 157 Å². The van der Waals surface area contributed by atoms with E-state index in [0.717, 1.165) is 23.1 Å². The molecule has 0 fully saturated rings. The molecule has 0 saturated carbocycles. The van der Waals surface area contributed by atoms with Crippen LogP contribution in [0, 0.1) is 12.3 Å². The molecule has 2 nitrogen and oxygen atoms in total. The van der Waals surface area contributed by atoms with Crippen molar-refractivity contribution in [1.82, 2.24) is 0 Å². The van der Waals surface area contributed by atoms with Gasteiger partial charge in [-0.05, 0) is 60.4 Å². The molecule has 0 bridgehead atoms. The summed E-state index contributed by atoms with van der Waals surface area (Å²) in [6.07, 6.45) is 2.77. The standard InChI is InChI=1S/C22H32O2S/c1-13-9-17(23)15(21(3,4)5)11-19(13)25-20-12-16(22(6,7)8)18(24)10-14(20)2/h9-11,20,23-24H,12H2,1-8H3. The highest BCUT2D eigenvalue weighted by atomic mass is 32.2. The largest absolute Gasteiger partial charge is 0.508 e. The van der Waals surface area contributed by atoms with Crippen molar-refractivity contribution in [3.05, 3.63) is 46.2 Å². The van der Waals surface area contributed by atoms with Gasteiger partial charge in [-0.25, -0.2) is 0 Å². The summed E-state index contributed by atoms with van der Waals surface area (Å²) in [5, 5.41) is 21.0. The van der Waals surface area contributed by atoms with Gasteiger partial charge in [0.15, 0.2) is 0 Å². The molecular weight excluding hydrogens is 328 g/mol. The predicted molar refractivity (Wildman–Crippen MR) is 109 cm³/mol. The van der Waals surface area contributed by atoms with Gasteiger partial charge < -0.3 is 10.2 Å². The molecule has 0 aromatic heterocycles. The molecule has 2 N–H and O–H groups in total. The molecule has 1 aromatic carbocycles. The highest BCUT2D eigenvalue weighted by Crippen LogP contribution is 2.44. The normalized spacial score (nSPS) is 19.2. The first-order chi connectivity index (χ1) is 11.3. The average molecular weight is 361 g/mol. The number of hydrogen-bond acceptors (Lipinski definition) is 3. The second kappa shape index (κ2) is 6.75. The number of aryl methyl sites for hydroxylation is 1. The molecule has 0 spiro atoms. The molecule has 0 amide bonds. The minimum atomic E-state index is -0.0979. The second-order valence-corrected chi connectivity index (χ2v) is 10.4. The predicted octanol–water partition coefficient (Wildman–Crippen LogP) is 6.67. The Morgan fingerprint density at radius 1 is 0.960 bits per heavy atom. The summed E-state index contributed by atoms with van der Waals surface area (Å²) in [5.74, 6) is 0.804. The van der Waals surface area contributed by atoms with Crippen LogP contribution in [0.25, 0.3) is 0 Å². The Morgan fingerprint density at radius 2 is 1.56 bits per heavy atom. The Kier molecular flexibility index (Phi) is 5.39. The molecule has 0 aliphatic heterocycles. The van der Waals surface area contributed by atoms with Crippen LogP contribution < -0.4 is 0 Å². The number of phenols is 1. The van der Waals surface area contributed by atoms with Gasteiger partial charge in [0.1, 0.15) is 11.5 Å². The molecular formula is C22H32O2S. The van der Waals surface area contributed by atoms with Crippen molar-refractivity contribution in [3.63, 3.8) is 0 Å². The summed E-state index contributed by atoms with van der Waals surface area (Å²) in [6, 6.07) is 4.01. The number of phenolic OH excluding ortho intramolecular Hbond substituents is 1. The van der Waals surface area contributed by atoms with Crippen LogP contribution in [0.4, 0.5) is 0 Å². The molecule has 1 aromatic rings. The van der Waals surface area contributed by atoms with Gasteiger partial charge in [-0.3, -0.25) is 0 Å². The van der Waals surface area contributed by atoms with Crippen LogP contribution in [-0.4, -0.2) is 15.5 Å². The van der Waals surface area contributed by atoms with E-state index in [0.29, 0.717) is 16.8 Å². The minimum Gasteiger partial charge on any atom is -0.508 e. The fourth-order valence-electron chi connectivity index (χ4n) is 3.23. The zero-order chi connectivity index (χ0) is 19.2. The second-order valence-electron chi connectivity index (χ2n) is 9.20. The number of aliphatic hydroxyl groups excluding tert-OH is 1. The Morgan fingerprint density at radius 3 is 2.08 bits per heavy atom. The first kappa shape index (κ1) is 20.0. The average Bonchev–Trinajstić information content (AvgIpc) is 2.41. The van der Waals surface area contributed by atoms with Gasteiger partial charge in [0.25, 0.3) is 0 Å². The molecule has 0 heterocycles.